The average Bonchev–Trinajstić information content (AvgIpc) is 3.57. The number of nitrogens with one attached hydrogen (secondary N) is 1. The van der Waals surface area contributed by atoms with Crippen molar-refractivity contribution in [3.63, 3.8) is 0 Å². The molecule has 0 saturated carbocycles. The lowest BCUT2D eigenvalue weighted by Gasteiger charge is -2.20. The van der Waals surface area contributed by atoms with E-state index in [1.807, 2.05) is 12.2 Å². The molecule has 1 aliphatic heterocycles. The molecule has 290 valence electrons. The predicted molar refractivity (Wildman–Crippen MR) is 219 cm³/mol. The van der Waals surface area contributed by atoms with Gasteiger partial charge in [0.15, 0.2) is 6.10 Å². The van der Waals surface area contributed by atoms with Crippen LogP contribution < -0.4 is 5.09 Å². The zero-order chi connectivity index (χ0) is 36.8. The molecule has 0 aromatic carbocycles. The standard InChI is InChI=1S/C44H74NO5P/c1-3-5-7-9-11-13-15-17-19-20-21-22-23-24-26-28-30-32-34-37-44(46)50-43(42-49-51(47)40-36-38-45-51)41-48-39-35-33-31-29-27-25-18-16-14-12-10-8-6-4-2/h5,7,11,13,17,19,21-22,24,26,30,32,35,39,43H,3-4,6,8-10,12,14-16,18,20,23,25,27-29,31,33-34,36-38,40-42H2,1-2H3,(H,45,47)/b7-5-,13-11-,19-17-,22-21-,26-24-,32-30-,39-35-. The zero-order valence-electron chi connectivity index (χ0n) is 32.5. The van der Waals surface area contributed by atoms with E-state index in [1.54, 1.807) is 6.26 Å². The van der Waals surface area contributed by atoms with Gasteiger partial charge in [-0.15, -0.1) is 0 Å². The number of unbranched alkanes of at least 4 members (excludes halogenated alkanes) is 12. The molecule has 0 aromatic heterocycles. The Morgan fingerprint density at radius 1 is 0.627 bits per heavy atom. The van der Waals surface area contributed by atoms with Gasteiger partial charge in [0, 0.05) is 19.1 Å². The number of carbonyl (C=O) groups excluding carboxylic acids is 1. The number of rotatable bonds is 34. The van der Waals surface area contributed by atoms with E-state index in [2.05, 4.69) is 85.8 Å². The van der Waals surface area contributed by atoms with E-state index in [0.29, 0.717) is 19.1 Å². The molecule has 0 spiro atoms. The quantitative estimate of drug-likeness (QED) is 0.0234. The highest BCUT2D eigenvalue weighted by Crippen LogP contribution is 2.46. The molecular weight excluding hydrogens is 653 g/mol. The molecule has 1 heterocycles. The van der Waals surface area contributed by atoms with Gasteiger partial charge in [0.05, 0.1) is 12.9 Å². The SMILES string of the molecule is CC/C=C\C/C=C\C/C=C\C/C=C\C/C=C\C/C=C\CCC(=O)OC(CO/C=C\CCCCCCCCCCCCCC)COP1(=O)CCCN1. The van der Waals surface area contributed by atoms with Crippen molar-refractivity contribution in [3.05, 3.63) is 85.3 Å². The molecule has 1 N–H and O–H groups in total. The van der Waals surface area contributed by atoms with Crippen molar-refractivity contribution in [3.8, 4) is 0 Å². The topological polar surface area (TPSA) is 73.9 Å². The van der Waals surface area contributed by atoms with Gasteiger partial charge in [-0.3, -0.25) is 9.36 Å². The summed E-state index contributed by atoms with van der Waals surface area (Å²) in [4.78, 5) is 12.6. The summed E-state index contributed by atoms with van der Waals surface area (Å²) in [6.45, 7) is 5.35. The second kappa shape index (κ2) is 36.0. The summed E-state index contributed by atoms with van der Waals surface area (Å²) < 4.78 is 29.8. The molecule has 51 heavy (non-hydrogen) atoms. The van der Waals surface area contributed by atoms with E-state index in [1.165, 1.54) is 70.6 Å². The third-order valence-corrected chi connectivity index (χ3v) is 10.7. The van der Waals surface area contributed by atoms with E-state index in [4.69, 9.17) is 14.0 Å². The largest absolute Gasteiger partial charge is 0.498 e. The molecular formula is C44H74NO5P. The highest BCUT2D eigenvalue weighted by Gasteiger charge is 2.29. The molecule has 1 fully saturated rings. The summed E-state index contributed by atoms with van der Waals surface area (Å²) in [5.41, 5.74) is 0. The van der Waals surface area contributed by atoms with Gasteiger partial charge in [0.2, 0.25) is 0 Å². The van der Waals surface area contributed by atoms with E-state index in [9.17, 15) is 9.36 Å². The first-order chi connectivity index (χ1) is 25.1. The second-order valence-corrected chi connectivity index (χ2v) is 15.8. The maximum absolute atomic E-state index is 12.7. The molecule has 0 amide bonds. The molecule has 1 saturated heterocycles. The van der Waals surface area contributed by atoms with Crippen LogP contribution in [-0.4, -0.2) is 38.0 Å². The van der Waals surface area contributed by atoms with Crippen LogP contribution in [0.15, 0.2) is 85.3 Å². The molecule has 0 bridgehead atoms. The van der Waals surface area contributed by atoms with Crippen LogP contribution in [0.5, 0.6) is 0 Å². The Labute approximate surface area is 313 Å². The van der Waals surface area contributed by atoms with Crippen LogP contribution in [0, 0.1) is 0 Å². The lowest BCUT2D eigenvalue weighted by Crippen LogP contribution is -2.28. The summed E-state index contributed by atoms with van der Waals surface area (Å²) in [5.74, 6) is -0.301. The normalized spacial score (nSPS) is 17.6. The maximum Gasteiger partial charge on any atom is 0.306 e. The second-order valence-electron chi connectivity index (χ2n) is 13.4. The fourth-order valence-corrected chi connectivity index (χ4v) is 7.39. The summed E-state index contributed by atoms with van der Waals surface area (Å²) in [5, 5.41) is 2.97. The minimum atomic E-state index is -2.84. The van der Waals surface area contributed by atoms with Crippen molar-refractivity contribution in [2.24, 2.45) is 0 Å². The summed E-state index contributed by atoms with van der Waals surface area (Å²) >= 11 is 0. The van der Waals surface area contributed by atoms with Crippen LogP contribution in [0.3, 0.4) is 0 Å². The fourth-order valence-electron chi connectivity index (χ4n) is 5.53. The van der Waals surface area contributed by atoms with Gasteiger partial charge >= 0.3 is 5.97 Å². The van der Waals surface area contributed by atoms with E-state index >= 15 is 0 Å². The number of hydrogen-bond acceptors (Lipinski definition) is 5. The van der Waals surface area contributed by atoms with Crippen molar-refractivity contribution < 1.29 is 23.4 Å². The van der Waals surface area contributed by atoms with Gasteiger partial charge in [-0.1, -0.05) is 157 Å². The Kier molecular flexibility index (Phi) is 32.9. The Balaban J connectivity index is 2.20. The Bertz CT molecular complexity index is 1060. The van der Waals surface area contributed by atoms with Gasteiger partial charge in [-0.2, -0.15) is 0 Å². The van der Waals surface area contributed by atoms with Crippen molar-refractivity contribution in [2.45, 2.75) is 161 Å². The van der Waals surface area contributed by atoms with Crippen LogP contribution in [-0.2, 0) is 23.4 Å². The molecule has 0 aliphatic carbocycles. The Morgan fingerprint density at radius 2 is 1.14 bits per heavy atom. The maximum atomic E-state index is 12.7. The first-order valence-electron chi connectivity index (χ1n) is 20.4. The number of allylic oxidation sites excluding steroid dienone is 13. The molecule has 0 aromatic rings. The van der Waals surface area contributed by atoms with Crippen molar-refractivity contribution >= 4 is 13.5 Å². The third-order valence-electron chi connectivity index (χ3n) is 8.56. The zero-order valence-corrected chi connectivity index (χ0v) is 33.4. The van der Waals surface area contributed by atoms with E-state index in [-0.39, 0.29) is 25.6 Å². The fraction of sp³-hybridized carbons (Fsp3) is 0.659. The van der Waals surface area contributed by atoms with Gasteiger partial charge < -0.3 is 14.0 Å². The van der Waals surface area contributed by atoms with Crippen LogP contribution in [0.1, 0.15) is 155 Å². The van der Waals surface area contributed by atoms with Crippen LogP contribution >= 0.6 is 7.52 Å². The van der Waals surface area contributed by atoms with E-state index in [0.717, 1.165) is 57.8 Å². The Hall–Kier alpha value is -2.40. The van der Waals surface area contributed by atoms with Gasteiger partial charge in [-0.05, 0) is 70.3 Å². The van der Waals surface area contributed by atoms with Gasteiger partial charge in [0.25, 0.3) is 7.52 Å². The molecule has 6 nitrogen and oxygen atoms in total. The van der Waals surface area contributed by atoms with Gasteiger partial charge in [0.1, 0.15) is 6.61 Å². The lowest BCUT2D eigenvalue weighted by molar-refractivity contribution is -0.152. The highest BCUT2D eigenvalue weighted by molar-refractivity contribution is 7.57. The first kappa shape index (κ1) is 46.6. The first-order valence-corrected chi connectivity index (χ1v) is 22.3. The predicted octanol–water partition coefficient (Wildman–Crippen LogP) is 13.2. The highest BCUT2D eigenvalue weighted by atomic mass is 31.2. The van der Waals surface area contributed by atoms with Crippen LogP contribution in [0.2, 0.25) is 0 Å². The molecule has 1 rings (SSSR count). The van der Waals surface area contributed by atoms with Crippen LogP contribution in [0.4, 0.5) is 0 Å². The number of ether oxygens (including phenoxy) is 2. The monoisotopic (exact) mass is 728 g/mol. The summed E-state index contributed by atoms with van der Waals surface area (Å²) in [6, 6.07) is 0. The molecule has 7 heteroatoms. The van der Waals surface area contributed by atoms with Crippen molar-refractivity contribution in [1.82, 2.24) is 5.09 Å². The van der Waals surface area contributed by atoms with Crippen molar-refractivity contribution in [1.29, 1.82) is 0 Å². The molecule has 1 aliphatic rings. The minimum Gasteiger partial charge on any atom is -0.498 e. The minimum absolute atomic E-state index is 0.0580. The lowest BCUT2D eigenvalue weighted by atomic mass is 10.0. The molecule has 0 radical (unpaired) electrons. The van der Waals surface area contributed by atoms with Gasteiger partial charge in [-0.25, -0.2) is 5.09 Å². The summed E-state index contributed by atoms with van der Waals surface area (Å²) in [6.07, 6.45) is 54.2. The van der Waals surface area contributed by atoms with E-state index < -0.39 is 13.6 Å². The third kappa shape index (κ3) is 32.0. The molecule has 2 unspecified atom stereocenters. The summed E-state index contributed by atoms with van der Waals surface area (Å²) in [7, 11) is -2.84. The number of carbonyl (C=O) groups is 1. The average molecular weight is 728 g/mol. The van der Waals surface area contributed by atoms with Crippen LogP contribution in [0.25, 0.3) is 0 Å². The smallest absolute Gasteiger partial charge is 0.306 e. The molecule has 2 atom stereocenters. The Morgan fingerprint density at radius 3 is 1.65 bits per heavy atom. The van der Waals surface area contributed by atoms with Crippen molar-refractivity contribution in [2.75, 3.05) is 25.9 Å². The number of esters is 1. The number of hydrogen-bond donors (Lipinski definition) is 1.